The first-order valence-corrected chi connectivity index (χ1v) is 5.47. The number of aliphatic carboxylic acids is 2. The lowest BCUT2D eigenvalue weighted by Gasteiger charge is -2.16. The van der Waals surface area contributed by atoms with Gasteiger partial charge in [-0.1, -0.05) is 17.7 Å². The lowest BCUT2D eigenvalue weighted by molar-refractivity contribution is -0.139. The second kappa shape index (κ2) is 5.19. The molecule has 0 saturated heterocycles. The van der Waals surface area contributed by atoms with Gasteiger partial charge < -0.3 is 10.2 Å². The molecule has 0 amide bonds. The van der Waals surface area contributed by atoms with Gasteiger partial charge in [-0.25, -0.2) is 0 Å². The average molecular weight is 257 g/mol. The number of rotatable bonds is 4. The maximum absolute atomic E-state index is 11.0. The van der Waals surface area contributed by atoms with E-state index in [0.717, 1.165) is 0 Å². The van der Waals surface area contributed by atoms with E-state index in [1.165, 1.54) is 19.9 Å². The molecule has 0 heterocycles. The summed E-state index contributed by atoms with van der Waals surface area (Å²) in [5, 5.41) is 18.3. The third-order valence-electron chi connectivity index (χ3n) is 2.72. The van der Waals surface area contributed by atoms with E-state index < -0.39 is 23.8 Å². The Morgan fingerprint density at radius 3 is 2.00 bits per heavy atom. The molecule has 0 aliphatic heterocycles. The fourth-order valence-corrected chi connectivity index (χ4v) is 1.76. The van der Waals surface area contributed by atoms with Crippen LogP contribution in [0.4, 0.5) is 0 Å². The predicted molar refractivity (Wildman–Crippen MR) is 63.6 cm³/mol. The summed E-state index contributed by atoms with van der Waals surface area (Å²) < 4.78 is 0. The molecule has 0 fully saturated rings. The van der Waals surface area contributed by atoms with Crippen LogP contribution in [-0.4, -0.2) is 22.2 Å². The Hall–Kier alpha value is -1.55. The van der Waals surface area contributed by atoms with Gasteiger partial charge in [-0.05, 0) is 37.1 Å². The van der Waals surface area contributed by atoms with Crippen molar-refractivity contribution in [2.45, 2.75) is 25.7 Å². The minimum atomic E-state index is -1.01. The molecule has 17 heavy (non-hydrogen) atoms. The van der Waals surface area contributed by atoms with E-state index >= 15 is 0 Å². The molecule has 2 unspecified atom stereocenters. The van der Waals surface area contributed by atoms with Crippen molar-refractivity contribution in [2.24, 2.45) is 0 Å². The molecular formula is C12H13ClO4. The first-order valence-electron chi connectivity index (χ1n) is 5.09. The van der Waals surface area contributed by atoms with E-state index in [4.69, 9.17) is 21.8 Å². The summed E-state index contributed by atoms with van der Waals surface area (Å²) in [4.78, 5) is 21.9. The van der Waals surface area contributed by atoms with Gasteiger partial charge in [0.25, 0.3) is 0 Å². The van der Waals surface area contributed by atoms with Gasteiger partial charge in [0.05, 0.1) is 11.8 Å². The highest BCUT2D eigenvalue weighted by atomic mass is 35.5. The number of carboxylic acids is 2. The Balaban J connectivity index is 3.30. The van der Waals surface area contributed by atoms with Gasteiger partial charge >= 0.3 is 11.9 Å². The van der Waals surface area contributed by atoms with E-state index in [2.05, 4.69) is 0 Å². The van der Waals surface area contributed by atoms with Crippen molar-refractivity contribution < 1.29 is 19.8 Å². The minimum Gasteiger partial charge on any atom is -0.481 e. The normalized spacial score (nSPS) is 14.1. The van der Waals surface area contributed by atoms with Crippen molar-refractivity contribution in [1.82, 2.24) is 0 Å². The molecule has 0 radical (unpaired) electrons. The Morgan fingerprint density at radius 2 is 1.53 bits per heavy atom. The quantitative estimate of drug-likeness (QED) is 0.869. The van der Waals surface area contributed by atoms with Crippen molar-refractivity contribution >= 4 is 23.5 Å². The van der Waals surface area contributed by atoms with Crippen LogP contribution in [0.2, 0.25) is 5.02 Å². The smallest absolute Gasteiger partial charge is 0.310 e. The van der Waals surface area contributed by atoms with E-state index in [1.807, 2.05) is 0 Å². The van der Waals surface area contributed by atoms with Gasteiger partial charge in [0.2, 0.25) is 0 Å². The molecule has 1 rings (SSSR count). The standard InChI is InChI=1S/C12H13ClO4/c1-6(11(14)15)9-4-3-8(13)5-10(9)7(2)12(16)17/h3-7H,1-2H3,(H,14,15)(H,16,17). The van der Waals surface area contributed by atoms with Crippen molar-refractivity contribution in [2.75, 3.05) is 0 Å². The van der Waals surface area contributed by atoms with Gasteiger partial charge in [0.1, 0.15) is 0 Å². The summed E-state index contributed by atoms with van der Waals surface area (Å²) >= 11 is 5.81. The lowest BCUT2D eigenvalue weighted by Crippen LogP contribution is -2.15. The number of carboxylic acid groups (broad SMARTS) is 2. The van der Waals surface area contributed by atoms with E-state index in [9.17, 15) is 9.59 Å². The van der Waals surface area contributed by atoms with Crippen LogP contribution in [0.25, 0.3) is 0 Å². The topological polar surface area (TPSA) is 74.6 Å². The highest BCUT2D eigenvalue weighted by Gasteiger charge is 2.23. The van der Waals surface area contributed by atoms with Crippen LogP contribution in [0.5, 0.6) is 0 Å². The van der Waals surface area contributed by atoms with Crippen molar-refractivity contribution in [3.05, 3.63) is 34.3 Å². The monoisotopic (exact) mass is 256 g/mol. The number of hydrogen-bond acceptors (Lipinski definition) is 2. The van der Waals surface area contributed by atoms with Gasteiger partial charge in [-0.15, -0.1) is 0 Å². The Morgan fingerprint density at radius 1 is 1.06 bits per heavy atom. The van der Waals surface area contributed by atoms with Crippen LogP contribution in [0.3, 0.4) is 0 Å². The molecule has 2 atom stereocenters. The molecule has 1 aromatic rings. The number of halogens is 1. The van der Waals surface area contributed by atoms with Crippen molar-refractivity contribution in [3.63, 3.8) is 0 Å². The summed E-state index contributed by atoms with van der Waals surface area (Å²) in [6.07, 6.45) is 0. The number of hydrogen-bond donors (Lipinski definition) is 2. The average Bonchev–Trinajstić information content (AvgIpc) is 2.26. The van der Waals surface area contributed by atoms with Gasteiger partial charge in [-0.2, -0.15) is 0 Å². The summed E-state index contributed by atoms with van der Waals surface area (Å²) in [6, 6.07) is 4.64. The highest BCUT2D eigenvalue weighted by molar-refractivity contribution is 6.30. The minimum absolute atomic E-state index is 0.398. The summed E-state index contributed by atoms with van der Waals surface area (Å²) in [5.74, 6) is -3.55. The van der Waals surface area contributed by atoms with Crippen LogP contribution >= 0.6 is 11.6 Å². The van der Waals surface area contributed by atoms with E-state index in [1.54, 1.807) is 12.1 Å². The molecule has 1 aromatic carbocycles. The molecule has 4 nitrogen and oxygen atoms in total. The second-order valence-corrected chi connectivity index (χ2v) is 4.33. The molecule has 0 bridgehead atoms. The second-order valence-electron chi connectivity index (χ2n) is 3.89. The van der Waals surface area contributed by atoms with Crippen molar-refractivity contribution in [1.29, 1.82) is 0 Å². The summed E-state index contributed by atoms with van der Waals surface area (Å²) in [6.45, 7) is 3.02. The van der Waals surface area contributed by atoms with Crippen LogP contribution in [0.1, 0.15) is 36.8 Å². The fraction of sp³-hybridized carbons (Fsp3) is 0.333. The molecule has 0 aliphatic rings. The Kier molecular flexibility index (Phi) is 4.12. The summed E-state index contributed by atoms with van der Waals surface area (Å²) in [5.41, 5.74) is 0.928. The number of benzene rings is 1. The zero-order chi connectivity index (χ0) is 13.2. The third-order valence-corrected chi connectivity index (χ3v) is 2.96. The molecule has 0 spiro atoms. The first kappa shape index (κ1) is 13.5. The fourth-order valence-electron chi connectivity index (χ4n) is 1.58. The Bertz CT molecular complexity index is 456. The molecule has 5 heteroatoms. The Labute approximate surface area is 104 Å². The zero-order valence-electron chi connectivity index (χ0n) is 9.48. The first-order chi connectivity index (χ1) is 7.84. The van der Waals surface area contributed by atoms with E-state index in [0.29, 0.717) is 16.1 Å². The van der Waals surface area contributed by atoms with Crippen LogP contribution in [0.15, 0.2) is 18.2 Å². The number of carbonyl (C=O) groups is 2. The van der Waals surface area contributed by atoms with Gasteiger partial charge in [0.15, 0.2) is 0 Å². The molecule has 0 aromatic heterocycles. The largest absolute Gasteiger partial charge is 0.481 e. The van der Waals surface area contributed by atoms with Crippen LogP contribution < -0.4 is 0 Å². The lowest BCUT2D eigenvalue weighted by atomic mass is 9.89. The van der Waals surface area contributed by atoms with E-state index in [-0.39, 0.29) is 0 Å². The van der Waals surface area contributed by atoms with Crippen LogP contribution in [0, 0.1) is 0 Å². The van der Waals surface area contributed by atoms with Gasteiger partial charge in [-0.3, -0.25) is 9.59 Å². The molecule has 92 valence electrons. The highest BCUT2D eigenvalue weighted by Crippen LogP contribution is 2.29. The molecular weight excluding hydrogens is 244 g/mol. The molecule has 0 saturated carbocycles. The maximum atomic E-state index is 11.0. The SMILES string of the molecule is CC(C(=O)O)c1ccc(Cl)cc1C(C)C(=O)O. The summed E-state index contributed by atoms with van der Waals surface area (Å²) in [7, 11) is 0. The third kappa shape index (κ3) is 2.97. The molecule has 2 N–H and O–H groups in total. The zero-order valence-corrected chi connectivity index (χ0v) is 10.2. The molecule has 0 aliphatic carbocycles. The predicted octanol–water partition coefficient (Wildman–Crippen LogP) is 2.72. The van der Waals surface area contributed by atoms with Gasteiger partial charge in [0, 0.05) is 5.02 Å². The maximum Gasteiger partial charge on any atom is 0.310 e. The van der Waals surface area contributed by atoms with Crippen LogP contribution in [-0.2, 0) is 9.59 Å². The van der Waals surface area contributed by atoms with Crippen molar-refractivity contribution in [3.8, 4) is 0 Å².